The molecule has 3 N–H and O–H groups in total. The predicted molar refractivity (Wildman–Crippen MR) is 60.2 cm³/mol. The summed E-state index contributed by atoms with van der Waals surface area (Å²) in [5.74, 6) is -0.00701. The van der Waals surface area contributed by atoms with Gasteiger partial charge in [0.1, 0.15) is 0 Å². The number of aromatic nitrogens is 1. The van der Waals surface area contributed by atoms with Crippen LogP contribution in [0.3, 0.4) is 0 Å². The topological polar surface area (TPSA) is 68.2 Å². The first-order valence-electron chi connectivity index (χ1n) is 4.38. The first kappa shape index (κ1) is 9.79. The Hall–Kier alpha value is -1.75. The Morgan fingerprint density at radius 2 is 2.27 bits per heavy atom. The van der Waals surface area contributed by atoms with Gasteiger partial charge >= 0.3 is 4.87 Å². The predicted octanol–water partition coefficient (Wildman–Crippen LogP) is 1.25. The number of nitrogen functional groups attached to an aromatic ring is 1. The highest BCUT2D eigenvalue weighted by Crippen LogP contribution is 2.13. The van der Waals surface area contributed by atoms with Gasteiger partial charge in [0.25, 0.3) is 0 Å². The lowest BCUT2D eigenvalue weighted by atomic mass is 10.2. The molecule has 0 spiro atoms. The molecule has 5 heteroatoms. The van der Waals surface area contributed by atoms with Gasteiger partial charge in [-0.2, -0.15) is 0 Å². The minimum atomic E-state index is -0.171. The van der Waals surface area contributed by atoms with Crippen LogP contribution in [0.15, 0.2) is 34.4 Å². The minimum absolute atomic E-state index is 0.00701. The molecule has 0 aliphatic carbocycles. The Bertz CT molecular complexity index is 530. The summed E-state index contributed by atoms with van der Waals surface area (Å²) in [6.45, 7) is 0.346. The molecule has 0 aliphatic heterocycles. The molecule has 15 heavy (non-hydrogen) atoms. The number of thiazole rings is 1. The van der Waals surface area contributed by atoms with E-state index in [0.29, 0.717) is 12.2 Å². The number of anilines is 1. The van der Waals surface area contributed by atoms with Gasteiger partial charge in [0, 0.05) is 5.69 Å². The van der Waals surface area contributed by atoms with Gasteiger partial charge in [0.05, 0.1) is 11.9 Å². The fraction of sp³-hybridized carbons (Fsp3) is 0.100. The van der Waals surface area contributed by atoms with E-state index in [4.69, 9.17) is 5.73 Å². The van der Waals surface area contributed by atoms with Crippen molar-refractivity contribution >= 4 is 17.0 Å². The molecule has 0 unspecified atom stereocenters. The first-order valence-corrected chi connectivity index (χ1v) is 5.26. The van der Waals surface area contributed by atoms with Gasteiger partial charge in [0.2, 0.25) is 5.88 Å². The summed E-state index contributed by atoms with van der Waals surface area (Å²) >= 11 is 0.981. The first-order chi connectivity index (χ1) is 7.16. The van der Waals surface area contributed by atoms with Crippen LogP contribution in [0.2, 0.25) is 0 Å². The molecule has 2 aromatic rings. The molecule has 0 atom stereocenters. The third-order valence-electron chi connectivity index (χ3n) is 2.05. The number of nitrogens with two attached hydrogens (primary N) is 1. The standard InChI is InChI=1S/C10H10N2O2S/c11-8-3-1-2-7(4-8)5-12-9(13)6-15-10(12)14/h1-4,6,13H,5,11H2. The molecule has 0 bridgehead atoms. The highest BCUT2D eigenvalue weighted by Gasteiger charge is 2.05. The molecule has 1 aromatic heterocycles. The summed E-state index contributed by atoms with van der Waals surface area (Å²) in [5.41, 5.74) is 7.16. The smallest absolute Gasteiger partial charge is 0.310 e. The monoisotopic (exact) mass is 222 g/mol. The number of hydrogen-bond acceptors (Lipinski definition) is 4. The number of benzene rings is 1. The van der Waals surface area contributed by atoms with Crippen molar-refractivity contribution in [3.63, 3.8) is 0 Å². The Morgan fingerprint density at radius 1 is 1.47 bits per heavy atom. The van der Waals surface area contributed by atoms with E-state index in [0.717, 1.165) is 16.9 Å². The lowest BCUT2D eigenvalue weighted by Crippen LogP contribution is -2.13. The zero-order chi connectivity index (χ0) is 10.8. The van der Waals surface area contributed by atoms with E-state index < -0.39 is 0 Å². The Morgan fingerprint density at radius 3 is 2.87 bits per heavy atom. The minimum Gasteiger partial charge on any atom is -0.494 e. The third kappa shape index (κ3) is 2.02. The zero-order valence-electron chi connectivity index (χ0n) is 7.88. The number of hydrogen-bond donors (Lipinski definition) is 2. The largest absolute Gasteiger partial charge is 0.494 e. The van der Waals surface area contributed by atoms with Crippen molar-refractivity contribution in [3.05, 3.63) is 44.9 Å². The van der Waals surface area contributed by atoms with Gasteiger partial charge in [-0.1, -0.05) is 23.5 Å². The molecule has 0 saturated heterocycles. The second-order valence-corrected chi connectivity index (χ2v) is 4.01. The number of rotatable bonds is 2. The Labute approximate surface area is 90.2 Å². The van der Waals surface area contributed by atoms with Gasteiger partial charge in [0.15, 0.2) is 0 Å². The molecule has 78 valence electrons. The molecule has 0 aliphatic rings. The SMILES string of the molecule is Nc1cccc(Cn2c(O)csc2=O)c1. The van der Waals surface area contributed by atoms with Crippen LogP contribution in [0.1, 0.15) is 5.56 Å². The van der Waals surface area contributed by atoms with Crippen molar-refractivity contribution in [2.45, 2.75) is 6.54 Å². The van der Waals surface area contributed by atoms with E-state index in [1.165, 1.54) is 9.95 Å². The van der Waals surface area contributed by atoms with E-state index in [1.54, 1.807) is 12.1 Å². The van der Waals surface area contributed by atoms with Crippen LogP contribution < -0.4 is 10.6 Å². The summed E-state index contributed by atoms with van der Waals surface area (Å²) in [6, 6.07) is 7.24. The third-order valence-corrected chi connectivity index (χ3v) is 2.80. The van der Waals surface area contributed by atoms with Gasteiger partial charge < -0.3 is 10.8 Å². The molecule has 0 saturated carbocycles. The molecular weight excluding hydrogens is 212 g/mol. The second-order valence-electron chi connectivity index (χ2n) is 3.19. The van der Waals surface area contributed by atoms with E-state index in [1.807, 2.05) is 12.1 Å². The van der Waals surface area contributed by atoms with Gasteiger partial charge in [-0.15, -0.1) is 0 Å². The Balaban J connectivity index is 2.33. The van der Waals surface area contributed by atoms with Crippen molar-refractivity contribution in [3.8, 4) is 5.88 Å². The summed E-state index contributed by atoms with van der Waals surface area (Å²) in [4.78, 5) is 11.1. The van der Waals surface area contributed by atoms with Crippen LogP contribution >= 0.6 is 11.3 Å². The van der Waals surface area contributed by atoms with Crippen LogP contribution in [0.25, 0.3) is 0 Å². The average molecular weight is 222 g/mol. The summed E-state index contributed by atoms with van der Waals surface area (Å²) < 4.78 is 1.30. The van der Waals surface area contributed by atoms with E-state index in [-0.39, 0.29) is 10.8 Å². The highest BCUT2D eigenvalue weighted by atomic mass is 32.1. The molecule has 1 aromatic carbocycles. The molecule has 0 radical (unpaired) electrons. The fourth-order valence-electron chi connectivity index (χ4n) is 1.34. The maximum Gasteiger partial charge on any atom is 0.310 e. The number of nitrogens with zero attached hydrogens (tertiary/aromatic N) is 1. The Kier molecular flexibility index (Phi) is 2.47. The lowest BCUT2D eigenvalue weighted by Gasteiger charge is -2.03. The summed E-state index contributed by atoms with van der Waals surface area (Å²) in [6.07, 6.45) is 0. The van der Waals surface area contributed by atoms with E-state index >= 15 is 0 Å². The summed E-state index contributed by atoms with van der Waals surface area (Å²) in [7, 11) is 0. The maximum absolute atomic E-state index is 11.3. The van der Waals surface area contributed by atoms with Crippen LogP contribution in [0, 0.1) is 0 Å². The van der Waals surface area contributed by atoms with Crippen molar-refractivity contribution in [1.82, 2.24) is 4.57 Å². The van der Waals surface area contributed by atoms with E-state index in [2.05, 4.69) is 0 Å². The lowest BCUT2D eigenvalue weighted by molar-refractivity contribution is 0.421. The zero-order valence-corrected chi connectivity index (χ0v) is 8.70. The second kappa shape index (κ2) is 3.78. The number of aromatic hydroxyl groups is 1. The van der Waals surface area contributed by atoms with Crippen LogP contribution in [0.4, 0.5) is 5.69 Å². The van der Waals surface area contributed by atoms with Crippen molar-refractivity contribution < 1.29 is 5.11 Å². The van der Waals surface area contributed by atoms with E-state index in [9.17, 15) is 9.90 Å². The normalized spacial score (nSPS) is 10.4. The van der Waals surface area contributed by atoms with Crippen molar-refractivity contribution in [2.24, 2.45) is 0 Å². The van der Waals surface area contributed by atoms with Gasteiger partial charge in [-0.05, 0) is 17.7 Å². The van der Waals surface area contributed by atoms with Gasteiger partial charge in [-0.3, -0.25) is 9.36 Å². The molecular formula is C10H10N2O2S. The average Bonchev–Trinajstić information content (AvgIpc) is 2.50. The van der Waals surface area contributed by atoms with Crippen molar-refractivity contribution in [2.75, 3.05) is 5.73 Å². The maximum atomic E-state index is 11.3. The quantitative estimate of drug-likeness (QED) is 0.751. The highest BCUT2D eigenvalue weighted by molar-refractivity contribution is 7.07. The van der Waals surface area contributed by atoms with Crippen LogP contribution in [-0.2, 0) is 6.54 Å². The van der Waals surface area contributed by atoms with Crippen molar-refractivity contribution in [1.29, 1.82) is 0 Å². The molecule has 0 fully saturated rings. The molecule has 1 heterocycles. The molecule has 4 nitrogen and oxygen atoms in total. The van der Waals surface area contributed by atoms with Crippen LogP contribution in [-0.4, -0.2) is 9.67 Å². The van der Waals surface area contributed by atoms with Gasteiger partial charge in [-0.25, -0.2) is 0 Å². The molecule has 0 amide bonds. The fourth-order valence-corrected chi connectivity index (χ4v) is 1.96. The molecule has 2 rings (SSSR count). The van der Waals surface area contributed by atoms with Crippen LogP contribution in [0.5, 0.6) is 5.88 Å². The summed E-state index contributed by atoms with van der Waals surface area (Å²) in [5, 5.41) is 10.8.